The molecule has 1 aromatic heterocycles. The van der Waals surface area contributed by atoms with E-state index in [1.807, 2.05) is 36.4 Å². The molecule has 0 radical (unpaired) electrons. The number of rotatable bonds is 8. The van der Waals surface area contributed by atoms with Crippen molar-refractivity contribution in [3.8, 4) is 11.1 Å². The number of nitrogens with zero attached hydrogens (tertiary/aromatic N) is 1. The van der Waals surface area contributed by atoms with Gasteiger partial charge >= 0.3 is 12.1 Å². The van der Waals surface area contributed by atoms with Crippen LogP contribution in [-0.2, 0) is 16.1 Å². The molecule has 4 rings (SSSR count). The Morgan fingerprint density at radius 1 is 1.09 bits per heavy atom. The molecule has 9 nitrogen and oxygen atoms in total. The van der Waals surface area contributed by atoms with Crippen molar-refractivity contribution >= 4 is 18.0 Å². The Balaban J connectivity index is 1.27. The first-order chi connectivity index (χ1) is 15.9. The monoisotopic (exact) mass is 449 g/mol. The van der Waals surface area contributed by atoms with E-state index >= 15 is 0 Å². The Labute approximate surface area is 189 Å². The van der Waals surface area contributed by atoms with Gasteiger partial charge in [0.25, 0.3) is 0 Å². The number of aromatic carboxylic acids is 1. The Bertz CT molecular complexity index is 1140. The van der Waals surface area contributed by atoms with Crippen LogP contribution in [0.1, 0.15) is 46.6 Å². The molecule has 1 heterocycles. The van der Waals surface area contributed by atoms with Crippen molar-refractivity contribution in [2.24, 2.45) is 0 Å². The summed E-state index contributed by atoms with van der Waals surface area (Å²) in [4.78, 5) is 39.1. The second-order valence-corrected chi connectivity index (χ2v) is 7.78. The fraction of sp³-hybridized carbons (Fsp3) is 0.250. The number of alkyl carbamates (subject to hydrolysis) is 1. The number of fused-ring (bicyclic) bond motifs is 3. The molecule has 0 aliphatic heterocycles. The van der Waals surface area contributed by atoms with E-state index in [1.54, 1.807) is 6.92 Å². The van der Waals surface area contributed by atoms with Gasteiger partial charge in [0, 0.05) is 18.4 Å². The number of benzene rings is 2. The van der Waals surface area contributed by atoms with Crippen LogP contribution in [0.25, 0.3) is 11.1 Å². The van der Waals surface area contributed by atoms with Crippen LogP contribution in [0.4, 0.5) is 4.79 Å². The molecular weight excluding hydrogens is 426 g/mol. The molecule has 0 bridgehead atoms. The summed E-state index contributed by atoms with van der Waals surface area (Å²) in [6.45, 7) is 1.75. The Kier molecular flexibility index (Phi) is 6.39. The highest BCUT2D eigenvalue weighted by Crippen LogP contribution is 2.44. The third-order valence-corrected chi connectivity index (χ3v) is 5.49. The zero-order valence-electron chi connectivity index (χ0n) is 17.9. The van der Waals surface area contributed by atoms with Crippen molar-refractivity contribution in [3.05, 3.63) is 77.5 Å². The second-order valence-electron chi connectivity index (χ2n) is 7.78. The molecule has 0 saturated heterocycles. The average Bonchev–Trinajstić information content (AvgIpc) is 3.39. The highest BCUT2D eigenvalue weighted by molar-refractivity contribution is 5.86. The van der Waals surface area contributed by atoms with Gasteiger partial charge in [0.05, 0.1) is 6.54 Å². The smallest absolute Gasteiger partial charge is 0.407 e. The minimum absolute atomic E-state index is 0.0132. The number of carboxylic acids is 1. The van der Waals surface area contributed by atoms with Gasteiger partial charge in [0.1, 0.15) is 6.61 Å². The molecule has 3 aromatic rings. The minimum atomic E-state index is -1.24. The number of carbonyl (C=O) groups excluding carboxylic acids is 2. The van der Waals surface area contributed by atoms with Gasteiger partial charge in [-0.25, -0.2) is 14.6 Å². The minimum Gasteiger partial charge on any atom is -0.476 e. The molecule has 0 spiro atoms. The quantitative estimate of drug-likeness (QED) is 0.481. The number of aromatic nitrogens is 1. The molecule has 1 unspecified atom stereocenters. The summed E-state index contributed by atoms with van der Waals surface area (Å²) in [6.07, 6.45) is 0.382. The summed E-state index contributed by atoms with van der Waals surface area (Å²) in [5.41, 5.74) is 4.27. The first kappa shape index (κ1) is 22.1. The zero-order chi connectivity index (χ0) is 23.4. The Hall–Kier alpha value is -4.14. The molecular formula is C24H23N3O6. The lowest BCUT2D eigenvalue weighted by atomic mass is 9.98. The summed E-state index contributed by atoms with van der Waals surface area (Å²) in [5.74, 6) is -1.62. The number of carbonyl (C=O) groups is 3. The van der Waals surface area contributed by atoms with E-state index in [9.17, 15) is 14.4 Å². The molecule has 0 fully saturated rings. The number of nitrogens with one attached hydrogen (secondary N) is 2. The Morgan fingerprint density at radius 2 is 1.73 bits per heavy atom. The van der Waals surface area contributed by atoms with Crippen molar-refractivity contribution in [2.45, 2.75) is 31.8 Å². The predicted octanol–water partition coefficient (Wildman–Crippen LogP) is 3.31. The maximum atomic E-state index is 12.3. The van der Waals surface area contributed by atoms with E-state index in [4.69, 9.17) is 14.3 Å². The fourth-order valence-electron chi connectivity index (χ4n) is 3.99. The summed E-state index contributed by atoms with van der Waals surface area (Å²) in [6, 6.07) is 15.6. The number of ether oxygens (including phenoxy) is 1. The first-order valence-corrected chi connectivity index (χ1v) is 10.5. The van der Waals surface area contributed by atoms with Gasteiger partial charge in [0.2, 0.25) is 5.91 Å². The number of carboxylic acid groups (broad SMARTS) is 1. The normalized spacial score (nSPS) is 13.0. The lowest BCUT2D eigenvalue weighted by Crippen LogP contribution is -2.38. The molecule has 9 heteroatoms. The third-order valence-electron chi connectivity index (χ3n) is 5.49. The number of oxazole rings is 1. The fourth-order valence-corrected chi connectivity index (χ4v) is 3.99. The number of hydrogen-bond donors (Lipinski definition) is 3. The molecule has 0 saturated carbocycles. The van der Waals surface area contributed by atoms with Crippen LogP contribution in [0.15, 0.2) is 59.3 Å². The van der Waals surface area contributed by atoms with Gasteiger partial charge in [-0.15, -0.1) is 0 Å². The topological polar surface area (TPSA) is 131 Å². The second kappa shape index (κ2) is 9.56. The van der Waals surface area contributed by atoms with E-state index in [-0.39, 0.29) is 42.9 Å². The highest BCUT2D eigenvalue weighted by atomic mass is 16.5. The van der Waals surface area contributed by atoms with Gasteiger partial charge in [-0.1, -0.05) is 48.5 Å². The summed E-state index contributed by atoms with van der Waals surface area (Å²) >= 11 is 0. The van der Waals surface area contributed by atoms with E-state index in [0.717, 1.165) is 28.6 Å². The van der Waals surface area contributed by atoms with Crippen LogP contribution >= 0.6 is 0 Å². The van der Waals surface area contributed by atoms with Gasteiger partial charge in [-0.05, 0) is 29.2 Å². The number of amides is 2. The van der Waals surface area contributed by atoms with E-state index in [2.05, 4.69) is 27.8 Å². The van der Waals surface area contributed by atoms with E-state index < -0.39 is 18.1 Å². The number of hydrogen-bond acceptors (Lipinski definition) is 6. The molecule has 33 heavy (non-hydrogen) atoms. The largest absolute Gasteiger partial charge is 0.476 e. The predicted molar refractivity (Wildman–Crippen MR) is 118 cm³/mol. The molecule has 2 aromatic carbocycles. The average molecular weight is 449 g/mol. The SMILES string of the molecule is CC(CC(=O)NCc1ocnc1C(=O)O)NC(=O)OCC1c2ccccc2-c2ccccc21. The Morgan fingerprint density at radius 3 is 2.36 bits per heavy atom. The zero-order valence-corrected chi connectivity index (χ0v) is 17.9. The highest BCUT2D eigenvalue weighted by Gasteiger charge is 2.29. The maximum Gasteiger partial charge on any atom is 0.407 e. The van der Waals surface area contributed by atoms with E-state index in [1.165, 1.54) is 0 Å². The summed E-state index contributed by atoms with van der Waals surface area (Å²) in [5, 5.41) is 14.2. The first-order valence-electron chi connectivity index (χ1n) is 10.5. The van der Waals surface area contributed by atoms with Crippen molar-refractivity contribution in [3.63, 3.8) is 0 Å². The molecule has 2 amide bonds. The van der Waals surface area contributed by atoms with Crippen LogP contribution in [0.2, 0.25) is 0 Å². The maximum absolute atomic E-state index is 12.3. The molecule has 3 N–H and O–H groups in total. The standard InChI is InChI=1S/C24H23N3O6/c1-14(10-21(28)25-11-20-22(23(29)30)26-13-33-20)27-24(31)32-12-19-17-8-4-2-6-15(17)16-7-3-5-9-18(16)19/h2-9,13-14,19H,10-12H2,1H3,(H,25,28)(H,27,31)(H,29,30). The van der Waals surface area contributed by atoms with E-state index in [0.29, 0.717) is 0 Å². The van der Waals surface area contributed by atoms with Crippen molar-refractivity contribution in [1.29, 1.82) is 0 Å². The van der Waals surface area contributed by atoms with Crippen LogP contribution in [0, 0.1) is 0 Å². The van der Waals surface area contributed by atoms with Crippen molar-refractivity contribution in [1.82, 2.24) is 15.6 Å². The molecule has 170 valence electrons. The van der Waals surface area contributed by atoms with Crippen LogP contribution in [-0.4, -0.2) is 40.7 Å². The summed E-state index contributed by atoms with van der Waals surface area (Å²) < 4.78 is 10.5. The molecule has 1 aliphatic rings. The molecule has 1 atom stereocenters. The molecule has 1 aliphatic carbocycles. The lowest BCUT2D eigenvalue weighted by molar-refractivity contribution is -0.121. The van der Waals surface area contributed by atoms with Gasteiger partial charge in [-0.2, -0.15) is 0 Å². The van der Waals surface area contributed by atoms with Gasteiger partial charge in [-0.3, -0.25) is 4.79 Å². The summed E-state index contributed by atoms with van der Waals surface area (Å²) in [7, 11) is 0. The van der Waals surface area contributed by atoms with Crippen molar-refractivity contribution < 1.29 is 28.6 Å². The van der Waals surface area contributed by atoms with Crippen LogP contribution in [0.5, 0.6) is 0 Å². The van der Waals surface area contributed by atoms with Gasteiger partial charge < -0.3 is 24.9 Å². The lowest BCUT2D eigenvalue weighted by Gasteiger charge is -2.17. The van der Waals surface area contributed by atoms with Gasteiger partial charge in [0.15, 0.2) is 17.8 Å². The van der Waals surface area contributed by atoms with Crippen LogP contribution in [0.3, 0.4) is 0 Å². The van der Waals surface area contributed by atoms with Crippen LogP contribution < -0.4 is 10.6 Å². The van der Waals surface area contributed by atoms with Crippen molar-refractivity contribution in [2.75, 3.05) is 6.61 Å². The third kappa shape index (κ3) is 4.87.